The number of unbranched alkanes of at least 4 members (excludes halogenated alkanes) is 1. The van der Waals surface area contributed by atoms with E-state index in [1.807, 2.05) is 13.8 Å². The van der Waals surface area contributed by atoms with E-state index < -0.39 is 60.2 Å². The number of phenolic OH excluding ortho intramolecular Hbond substituents is 1. The van der Waals surface area contributed by atoms with E-state index in [4.69, 9.17) is 16.6 Å². The summed E-state index contributed by atoms with van der Waals surface area (Å²) in [5.74, 6) is -4.82. The predicted molar refractivity (Wildman–Crippen MR) is 138 cm³/mol. The van der Waals surface area contributed by atoms with Crippen LogP contribution < -0.4 is 27.4 Å². The zero-order valence-electron chi connectivity index (χ0n) is 21.7. The highest BCUT2D eigenvalue weighted by molar-refractivity contribution is 5.94. The lowest BCUT2D eigenvalue weighted by Crippen LogP contribution is -2.57. The van der Waals surface area contributed by atoms with E-state index in [1.54, 1.807) is 0 Å². The van der Waals surface area contributed by atoms with Gasteiger partial charge in [-0.15, -0.1) is 0 Å². The first-order chi connectivity index (χ1) is 17.8. The maximum Gasteiger partial charge on any atom is 0.326 e. The molecule has 38 heavy (non-hydrogen) atoms. The van der Waals surface area contributed by atoms with Crippen LogP contribution in [0.4, 0.5) is 0 Å². The molecule has 3 amide bonds. The smallest absolute Gasteiger partial charge is 0.326 e. The fraction of sp³-hybridized carbons (Fsp3) is 0.560. The Balaban J connectivity index is 3.02. The molecule has 0 aliphatic carbocycles. The van der Waals surface area contributed by atoms with Gasteiger partial charge in [-0.2, -0.15) is 0 Å². The molecule has 0 aliphatic heterocycles. The summed E-state index contributed by atoms with van der Waals surface area (Å²) in [5.41, 5.74) is 11.7. The first kappa shape index (κ1) is 32.3. The van der Waals surface area contributed by atoms with Crippen molar-refractivity contribution in [3.05, 3.63) is 29.8 Å². The molecule has 1 aromatic rings. The molecule has 0 fully saturated rings. The molecule has 4 atom stereocenters. The van der Waals surface area contributed by atoms with Crippen molar-refractivity contribution in [1.29, 1.82) is 0 Å². The summed E-state index contributed by atoms with van der Waals surface area (Å²) >= 11 is 0. The average molecular weight is 538 g/mol. The molecule has 0 radical (unpaired) electrons. The maximum absolute atomic E-state index is 13.1. The number of aromatic hydroxyl groups is 1. The van der Waals surface area contributed by atoms with Crippen LogP contribution in [0.5, 0.6) is 5.75 Å². The molecule has 0 aromatic heterocycles. The fourth-order valence-electron chi connectivity index (χ4n) is 3.64. The van der Waals surface area contributed by atoms with Crippen molar-refractivity contribution in [2.75, 3.05) is 6.54 Å². The minimum Gasteiger partial charge on any atom is -0.508 e. The Bertz CT molecular complexity index is 954. The molecule has 0 aliphatic rings. The number of carboxylic acid groups (broad SMARTS) is 2. The minimum absolute atomic E-state index is 0.0152. The van der Waals surface area contributed by atoms with Gasteiger partial charge >= 0.3 is 11.9 Å². The van der Waals surface area contributed by atoms with Crippen LogP contribution in [0, 0.1) is 5.92 Å². The highest BCUT2D eigenvalue weighted by Gasteiger charge is 2.31. The lowest BCUT2D eigenvalue weighted by Gasteiger charge is -2.26. The van der Waals surface area contributed by atoms with Crippen molar-refractivity contribution in [3.8, 4) is 5.75 Å². The van der Waals surface area contributed by atoms with Crippen LogP contribution in [0.15, 0.2) is 24.3 Å². The van der Waals surface area contributed by atoms with Gasteiger partial charge in [0, 0.05) is 6.42 Å². The van der Waals surface area contributed by atoms with E-state index in [0.29, 0.717) is 24.9 Å². The number of rotatable bonds is 17. The summed E-state index contributed by atoms with van der Waals surface area (Å²) in [4.78, 5) is 61.3. The summed E-state index contributed by atoms with van der Waals surface area (Å²) in [6.07, 6.45) is 0.711. The van der Waals surface area contributed by atoms with Crippen molar-refractivity contribution >= 4 is 29.7 Å². The van der Waals surface area contributed by atoms with Gasteiger partial charge in [0.05, 0.1) is 12.5 Å². The third-order valence-corrected chi connectivity index (χ3v) is 5.64. The first-order valence-electron chi connectivity index (χ1n) is 12.4. The van der Waals surface area contributed by atoms with Crippen LogP contribution >= 0.6 is 0 Å². The largest absolute Gasteiger partial charge is 0.508 e. The third kappa shape index (κ3) is 12.0. The lowest BCUT2D eigenvalue weighted by molar-refractivity contribution is -0.142. The molecule has 212 valence electrons. The normalized spacial score (nSPS) is 14.1. The van der Waals surface area contributed by atoms with Gasteiger partial charge in [-0.3, -0.25) is 19.2 Å². The van der Waals surface area contributed by atoms with E-state index in [2.05, 4.69) is 16.0 Å². The summed E-state index contributed by atoms with van der Waals surface area (Å²) in [6, 6.07) is 0.993. The summed E-state index contributed by atoms with van der Waals surface area (Å²) in [7, 11) is 0. The summed E-state index contributed by atoms with van der Waals surface area (Å²) in [5, 5.41) is 35.5. The van der Waals surface area contributed by atoms with Gasteiger partial charge in [0.15, 0.2) is 0 Å². The number of hydrogen-bond donors (Lipinski definition) is 8. The molecule has 4 unspecified atom stereocenters. The molecule has 13 nitrogen and oxygen atoms in total. The Morgan fingerprint density at radius 2 is 1.39 bits per heavy atom. The monoisotopic (exact) mass is 537 g/mol. The number of nitrogens with one attached hydrogen (secondary N) is 3. The van der Waals surface area contributed by atoms with Crippen molar-refractivity contribution in [2.45, 2.75) is 76.5 Å². The highest BCUT2D eigenvalue weighted by Crippen LogP contribution is 2.13. The molecule has 0 heterocycles. The van der Waals surface area contributed by atoms with E-state index >= 15 is 0 Å². The number of carbonyl (C=O) groups excluding carboxylic acids is 3. The SMILES string of the molecule is CC(C)CC(NC(=O)C(CCCCN)NC(=O)C(N)CC(=O)O)C(=O)NC(Cc1ccc(O)cc1)C(=O)O. The van der Waals surface area contributed by atoms with Gasteiger partial charge in [-0.25, -0.2) is 4.79 Å². The number of carboxylic acids is 2. The zero-order valence-corrected chi connectivity index (χ0v) is 21.7. The second-order valence-electron chi connectivity index (χ2n) is 9.51. The molecule has 0 spiro atoms. The number of carbonyl (C=O) groups is 5. The van der Waals surface area contributed by atoms with E-state index in [0.717, 1.165) is 0 Å². The van der Waals surface area contributed by atoms with Crippen molar-refractivity contribution in [1.82, 2.24) is 16.0 Å². The van der Waals surface area contributed by atoms with E-state index in [1.165, 1.54) is 24.3 Å². The van der Waals surface area contributed by atoms with Crippen molar-refractivity contribution < 1.29 is 39.3 Å². The molecular formula is C25H39N5O8. The van der Waals surface area contributed by atoms with Crippen LogP contribution in [0.25, 0.3) is 0 Å². The van der Waals surface area contributed by atoms with Crippen LogP contribution in [-0.2, 0) is 30.4 Å². The molecule has 1 rings (SSSR count). The van der Waals surface area contributed by atoms with E-state index in [9.17, 15) is 34.2 Å². The number of hydrogen-bond acceptors (Lipinski definition) is 8. The quantitative estimate of drug-likeness (QED) is 0.118. The second kappa shape index (κ2) is 16.2. The van der Waals surface area contributed by atoms with Crippen LogP contribution in [0.3, 0.4) is 0 Å². The number of phenols is 1. The lowest BCUT2D eigenvalue weighted by atomic mass is 10.00. The Morgan fingerprint density at radius 1 is 0.842 bits per heavy atom. The molecule has 13 heteroatoms. The van der Waals surface area contributed by atoms with Crippen molar-refractivity contribution in [2.24, 2.45) is 17.4 Å². The van der Waals surface area contributed by atoms with Gasteiger partial charge in [0.2, 0.25) is 17.7 Å². The Labute approximate surface area is 221 Å². The number of nitrogens with two attached hydrogens (primary N) is 2. The predicted octanol–water partition coefficient (Wildman–Crippen LogP) is -0.549. The fourth-order valence-corrected chi connectivity index (χ4v) is 3.64. The summed E-state index contributed by atoms with van der Waals surface area (Å²) < 4.78 is 0. The Hall–Kier alpha value is -3.71. The molecule has 0 saturated heterocycles. The third-order valence-electron chi connectivity index (χ3n) is 5.64. The number of benzene rings is 1. The molecule has 1 aromatic carbocycles. The zero-order chi connectivity index (χ0) is 28.8. The highest BCUT2D eigenvalue weighted by atomic mass is 16.4. The van der Waals surface area contributed by atoms with E-state index in [-0.39, 0.29) is 30.9 Å². The Kier molecular flexibility index (Phi) is 13.8. The first-order valence-corrected chi connectivity index (χ1v) is 12.4. The van der Waals surface area contributed by atoms with Crippen LogP contribution in [-0.4, -0.2) is 75.7 Å². The van der Waals surface area contributed by atoms with Gasteiger partial charge in [0.25, 0.3) is 0 Å². The topological polar surface area (TPSA) is 234 Å². The maximum atomic E-state index is 13.1. The van der Waals surface area contributed by atoms with Crippen molar-refractivity contribution in [3.63, 3.8) is 0 Å². The standard InChI is InChI=1S/C25H39N5O8/c1-14(2)11-19(24(36)30-20(25(37)38)12-15-6-8-16(31)9-7-15)29-23(35)18(5-3-4-10-26)28-22(34)17(27)13-21(32)33/h6-9,14,17-20,31H,3-5,10-13,26-27H2,1-2H3,(H,28,34)(H,29,35)(H,30,36)(H,32,33)(H,37,38). The average Bonchev–Trinajstić information content (AvgIpc) is 2.82. The summed E-state index contributed by atoms with van der Waals surface area (Å²) in [6.45, 7) is 4.00. The van der Waals surface area contributed by atoms with Gasteiger partial charge < -0.3 is 42.7 Å². The van der Waals surface area contributed by atoms with Gasteiger partial charge in [-0.1, -0.05) is 26.0 Å². The molecule has 0 bridgehead atoms. The van der Waals surface area contributed by atoms with Gasteiger partial charge in [-0.05, 0) is 55.8 Å². The minimum atomic E-state index is -1.37. The Morgan fingerprint density at radius 3 is 1.92 bits per heavy atom. The molecule has 0 saturated carbocycles. The van der Waals surface area contributed by atoms with Crippen LogP contribution in [0.2, 0.25) is 0 Å². The molecular weight excluding hydrogens is 498 g/mol. The number of amides is 3. The van der Waals surface area contributed by atoms with Crippen LogP contribution in [0.1, 0.15) is 51.5 Å². The molecule has 10 N–H and O–H groups in total. The number of aliphatic carboxylic acids is 2. The van der Waals surface area contributed by atoms with Gasteiger partial charge in [0.1, 0.15) is 23.9 Å². The second-order valence-corrected chi connectivity index (χ2v) is 9.51.